The quantitative estimate of drug-likeness (QED) is 0.666. The van der Waals surface area contributed by atoms with Crippen LogP contribution in [0.15, 0.2) is 34.1 Å². The van der Waals surface area contributed by atoms with Crippen molar-refractivity contribution in [2.45, 2.75) is 12.8 Å². The van der Waals surface area contributed by atoms with Gasteiger partial charge in [0.2, 0.25) is 0 Å². The van der Waals surface area contributed by atoms with Gasteiger partial charge in [0.15, 0.2) is 0 Å². The van der Waals surface area contributed by atoms with Crippen molar-refractivity contribution >= 4 is 27.3 Å². The predicted molar refractivity (Wildman–Crippen MR) is 86.3 cm³/mol. The molecular weight excluding hydrogens is 338 g/mol. The molecular formula is C15H18BrNO2S. The van der Waals surface area contributed by atoms with Gasteiger partial charge in [-0.25, -0.2) is 0 Å². The van der Waals surface area contributed by atoms with E-state index in [1.807, 2.05) is 6.07 Å². The van der Waals surface area contributed by atoms with Crippen molar-refractivity contribution < 1.29 is 9.47 Å². The van der Waals surface area contributed by atoms with E-state index < -0.39 is 0 Å². The Morgan fingerprint density at radius 1 is 1.20 bits per heavy atom. The summed E-state index contributed by atoms with van der Waals surface area (Å²) in [6, 6.07) is 8.27. The number of methoxy groups -OCH3 is 1. The number of nitrogens with zero attached hydrogens (tertiary/aromatic N) is 1. The second-order valence-electron chi connectivity index (χ2n) is 4.31. The first-order valence-electron chi connectivity index (χ1n) is 6.57. The van der Waals surface area contributed by atoms with Crippen molar-refractivity contribution in [2.24, 2.45) is 0 Å². The summed E-state index contributed by atoms with van der Waals surface area (Å²) in [7, 11) is 1.68. The Hall–Kier alpha value is -0.750. The summed E-state index contributed by atoms with van der Waals surface area (Å²) in [5.74, 6) is 0. The molecule has 0 spiro atoms. The van der Waals surface area contributed by atoms with Crippen LogP contribution in [0, 0.1) is 0 Å². The van der Waals surface area contributed by atoms with Gasteiger partial charge in [0.1, 0.15) is 0 Å². The first-order valence-corrected chi connectivity index (χ1v) is 8.24. The van der Waals surface area contributed by atoms with Crippen LogP contribution >= 0.6 is 27.3 Å². The number of rotatable bonds is 8. The fourth-order valence-electron chi connectivity index (χ4n) is 1.81. The molecule has 20 heavy (non-hydrogen) atoms. The largest absolute Gasteiger partial charge is 0.382 e. The van der Waals surface area contributed by atoms with Crippen LogP contribution in [0.1, 0.15) is 12.1 Å². The Morgan fingerprint density at radius 3 is 2.85 bits per heavy atom. The van der Waals surface area contributed by atoms with Crippen LogP contribution in [-0.4, -0.2) is 31.9 Å². The van der Waals surface area contributed by atoms with Crippen molar-refractivity contribution in [3.05, 3.63) is 39.8 Å². The molecule has 0 aliphatic carbocycles. The molecule has 0 saturated carbocycles. The number of thiophene rings is 1. The van der Waals surface area contributed by atoms with Crippen LogP contribution in [0.4, 0.5) is 0 Å². The highest BCUT2D eigenvalue weighted by molar-refractivity contribution is 9.10. The van der Waals surface area contributed by atoms with Crippen LogP contribution in [0.5, 0.6) is 0 Å². The molecule has 2 rings (SSSR count). The van der Waals surface area contributed by atoms with E-state index in [2.05, 4.69) is 39.5 Å². The number of halogens is 1. The summed E-state index contributed by atoms with van der Waals surface area (Å²) >= 11 is 5.28. The van der Waals surface area contributed by atoms with E-state index in [1.54, 1.807) is 18.4 Å². The first kappa shape index (κ1) is 15.6. The highest BCUT2D eigenvalue weighted by Gasteiger charge is 2.06. The molecule has 2 aromatic rings. The van der Waals surface area contributed by atoms with Crippen LogP contribution in [0.25, 0.3) is 10.6 Å². The lowest BCUT2D eigenvalue weighted by atomic mass is 10.2. The lowest BCUT2D eigenvalue weighted by Crippen LogP contribution is -2.04. The molecule has 0 atom stereocenters. The van der Waals surface area contributed by atoms with Gasteiger partial charge in [-0.1, -0.05) is 6.07 Å². The van der Waals surface area contributed by atoms with Gasteiger partial charge >= 0.3 is 0 Å². The maximum atomic E-state index is 5.47. The number of aromatic nitrogens is 1. The molecule has 108 valence electrons. The van der Waals surface area contributed by atoms with Crippen LogP contribution in [0.3, 0.4) is 0 Å². The van der Waals surface area contributed by atoms with Gasteiger partial charge in [-0.15, -0.1) is 11.3 Å². The molecule has 0 N–H and O–H groups in total. The molecule has 0 amide bonds. The molecule has 0 radical (unpaired) electrons. The van der Waals surface area contributed by atoms with Gasteiger partial charge in [0.05, 0.1) is 29.5 Å². The molecule has 0 fully saturated rings. The summed E-state index contributed by atoms with van der Waals surface area (Å²) in [6.07, 6.45) is 1.87. The average molecular weight is 356 g/mol. The number of hydrogen-bond donors (Lipinski definition) is 0. The summed E-state index contributed by atoms with van der Waals surface area (Å²) < 4.78 is 11.5. The topological polar surface area (TPSA) is 31.4 Å². The third-order valence-electron chi connectivity index (χ3n) is 2.83. The Morgan fingerprint density at radius 2 is 2.10 bits per heavy atom. The number of pyridine rings is 1. The summed E-state index contributed by atoms with van der Waals surface area (Å²) in [6.45, 7) is 2.04. The van der Waals surface area contributed by atoms with Crippen LogP contribution in [-0.2, 0) is 15.9 Å². The highest BCUT2D eigenvalue weighted by Crippen LogP contribution is 2.26. The van der Waals surface area contributed by atoms with Crippen molar-refractivity contribution in [2.75, 3.05) is 26.9 Å². The zero-order valence-corrected chi connectivity index (χ0v) is 13.9. The maximum Gasteiger partial charge on any atom is 0.0805 e. The lowest BCUT2D eigenvalue weighted by molar-refractivity contribution is 0.0694. The van der Waals surface area contributed by atoms with Gasteiger partial charge in [-0.3, -0.25) is 4.98 Å². The monoisotopic (exact) mass is 355 g/mol. The zero-order chi connectivity index (χ0) is 14.2. The van der Waals surface area contributed by atoms with Crippen molar-refractivity contribution in [3.8, 4) is 10.6 Å². The summed E-state index contributed by atoms with van der Waals surface area (Å²) in [4.78, 5) is 5.94. The molecule has 0 unspecified atom stereocenters. The maximum absolute atomic E-state index is 5.47. The highest BCUT2D eigenvalue weighted by atomic mass is 79.9. The van der Waals surface area contributed by atoms with E-state index in [0.29, 0.717) is 13.2 Å². The Balaban J connectivity index is 1.89. The standard InChI is InChI=1S/C15H18BrNO2S/c1-18-9-10-19-8-2-4-13-12(16)6-7-14(17-13)15-5-3-11-20-15/h3,5-7,11H,2,4,8-10H2,1H3. The van der Waals surface area contributed by atoms with E-state index in [-0.39, 0.29) is 0 Å². The molecule has 3 nitrogen and oxygen atoms in total. The number of hydrogen-bond acceptors (Lipinski definition) is 4. The molecule has 2 aromatic heterocycles. The van der Waals surface area contributed by atoms with E-state index in [1.165, 1.54) is 4.88 Å². The minimum atomic E-state index is 0.649. The summed E-state index contributed by atoms with van der Waals surface area (Å²) in [5, 5.41) is 2.07. The van der Waals surface area contributed by atoms with Gasteiger partial charge in [0.25, 0.3) is 0 Å². The molecule has 0 saturated heterocycles. The smallest absolute Gasteiger partial charge is 0.0805 e. The van der Waals surface area contributed by atoms with Crippen molar-refractivity contribution in [3.63, 3.8) is 0 Å². The van der Waals surface area contributed by atoms with Gasteiger partial charge < -0.3 is 9.47 Å². The number of aryl methyl sites for hydroxylation is 1. The van der Waals surface area contributed by atoms with E-state index >= 15 is 0 Å². The molecule has 0 bridgehead atoms. The summed E-state index contributed by atoms with van der Waals surface area (Å²) in [5.41, 5.74) is 2.13. The Kier molecular flexibility index (Phi) is 6.66. The molecule has 5 heteroatoms. The second kappa shape index (κ2) is 8.52. The SMILES string of the molecule is COCCOCCCc1nc(-c2cccs2)ccc1Br. The van der Waals surface area contributed by atoms with Crippen LogP contribution < -0.4 is 0 Å². The van der Waals surface area contributed by atoms with Gasteiger partial charge in [-0.05, 0) is 52.4 Å². The second-order valence-corrected chi connectivity index (χ2v) is 6.11. The molecule has 2 heterocycles. The first-order chi connectivity index (χ1) is 9.81. The predicted octanol–water partition coefficient (Wildman–Crippen LogP) is 4.17. The molecule has 0 aliphatic rings. The number of ether oxygens (including phenoxy) is 2. The molecule has 0 aromatic carbocycles. The Labute approximate surface area is 132 Å². The lowest BCUT2D eigenvalue weighted by Gasteiger charge is -2.07. The van der Waals surface area contributed by atoms with Gasteiger partial charge in [-0.2, -0.15) is 0 Å². The minimum Gasteiger partial charge on any atom is -0.382 e. The van der Waals surface area contributed by atoms with Crippen molar-refractivity contribution in [1.82, 2.24) is 4.98 Å². The normalized spacial score (nSPS) is 10.9. The minimum absolute atomic E-state index is 0.649. The van der Waals surface area contributed by atoms with Gasteiger partial charge in [0, 0.05) is 18.2 Å². The van der Waals surface area contributed by atoms with Crippen LogP contribution in [0.2, 0.25) is 0 Å². The molecule has 0 aliphatic heterocycles. The zero-order valence-electron chi connectivity index (χ0n) is 11.5. The third-order valence-corrected chi connectivity index (χ3v) is 4.44. The van der Waals surface area contributed by atoms with Crippen molar-refractivity contribution in [1.29, 1.82) is 0 Å². The average Bonchev–Trinajstić information content (AvgIpc) is 2.98. The van der Waals surface area contributed by atoms with E-state index in [4.69, 9.17) is 14.5 Å². The third kappa shape index (κ3) is 4.66. The Bertz CT molecular complexity index is 517. The fraction of sp³-hybridized carbons (Fsp3) is 0.400. The van der Waals surface area contributed by atoms with E-state index in [9.17, 15) is 0 Å². The van der Waals surface area contributed by atoms with E-state index in [0.717, 1.165) is 35.3 Å². The fourth-order valence-corrected chi connectivity index (χ4v) is 2.92.